The molecule has 0 bridgehead atoms. The van der Waals surface area contributed by atoms with Crippen LogP contribution in [0, 0.1) is 5.92 Å². The van der Waals surface area contributed by atoms with Crippen LogP contribution in [0.15, 0.2) is 10.7 Å². The predicted octanol–water partition coefficient (Wildman–Crippen LogP) is 2.64. The molecule has 0 fully saturated rings. The van der Waals surface area contributed by atoms with E-state index in [0.717, 1.165) is 24.1 Å². The number of hydrogen-bond acceptors (Lipinski definition) is 3. The molecule has 0 amide bonds. The largest absolute Gasteiger partial charge is 0.383 e. The van der Waals surface area contributed by atoms with Gasteiger partial charge in [0.15, 0.2) is 0 Å². The molecule has 1 aromatic rings. The van der Waals surface area contributed by atoms with E-state index in [2.05, 4.69) is 47.1 Å². The topological polar surface area (TPSA) is 39.1 Å². The van der Waals surface area contributed by atoms with Crippen molar-refractivity contribution < 1.29 is 4.74 Å². The van der Waals surface area contributed by atoms with Gasteiger partial charge in [0, 0.05) is 13.0 Å². The second-order valence-electron chi connectivity index (χ2n) is 4.67. The summed E-state index contributed by atoms with van der Waals surface area (Å²) in [6.07, 6.45) is 1.88. The molecule has 1 aromatic heterocycles. The normalized spacial score (nSPS) is 14.7. The Morgan fingerprint density at radius 2 is 2.22 bits per heavy atom. The van der Waals surface area contributed by atoms with Crippen LogP contribution in [0.1, 0.15) is 32.4 Å². The minimum Gasteiger partial charge on any atom is -0.383 e. The summed E-state index contributed by atoms with van der Waals surface area (Å²) in [5, 5.41) is 7.81. The van der Waals surface area contributed by atoms with Crippen LogP contribution in [0.25, 0.3) is 0 Å². The quantitative estimate of drug-likeness (QED) is 0.801. The number of hydrogen-bond donors (Lipinski definition) is 1. The molecule has 18 heavy (non-hydrogen) atoms. The van der Waals surface area contributed by atoms with E-state index in [1.54, 1.807) is 7.11 Å². The summed E-state index contributed by atoms with van der Waals surface area (Å²) in [7, 11) is 1.72. The number of nitrogens with zero attached hydrogens (tertiary/aromatic N) is 2. The third-order valence-electron chi connectivity index (χ3n) is 3.34. The Bertz CT molecular complexity index is 354. The monoisotopic (exact) mass is 317 g/mol. The molecular weight excluding hydrogens is 294 g/mol. The van der Waals surface area contributed by atoms with Gasteiger partial charge < -0.3 is 10.1 Å². The first-order valence-electron chi connectivity index (χ1n) is 6.52. The van der Waals surface area contributed by atoms with Gasteiger partial charge in [-0.05, 0) is 34.9 Å². The highest BCUT2D eigenvalue weighted by Gasteiger charge is 2.21. The molecular formula is C13H24BrN3O. The minimum absolute atomic E-state index is 0.456. The van der Waals surface area contributed by atoms with E-state index in [0.29, 0.717) is 18.4 Å². The van der Waals surface area contributed by atoms with Crippen LogP contribution in [0.5, 0.6) is 0 Å². The second-order valence-corrected chi connectivity index (χ2v) is 5.52. The highest BCUT2D eigenvalue weighted by Crippen LogP contribution is 2.30. The summed E-state index contributed by atoms with van der Waals surface area (Å²) in [6, 6.07) is 0. The van der Waals surface area contributed by atoms with E-state index < -0.39 is 0 Å². The van der Waals surface area contributed by atoms with Gasteiger partial charge in [-0.2, -0.15) is 5.10 Å². The van der Waals surface area contributed by atoms with Crippen molar-refractivity contribution in [3.63, 3.8) is 0 Å². The molecule has 1 rings (SSSR count). The van der Waals surface area contributed by atoms with Gasteiger partial charge in [-0.1, -0.05) is 20.8 Å². The molecule has 0 aromatic carbocycles. The smallest absolute Gasteiger partial charge is 0.0658 e. The van der Waals surface area contributed by atoms with Gasteiger partial charge in [0.25, 0.3) is 0 Å². The van der Waals surface area contributed by atoms with Crippen LogP contribution in [-0.4, -0.2) is 36.6 Å². The Kier molecular flexibility index (Phi) is 6.89. The maximum absolute atomic E-state index is 5.13. The van der Waals surface area contributed by atoms with Gasteiger partial charge in [0.05, 0.1) is 29.5 Å². The first kappa shape index (κ1) is 15.7. The third-order valence-corrected chi connectivity index (χ3v) is 3.95. The van der Waals surface area contributed by atoms with Crippen molar-refractivity contribution in [2.45, 2.75) is 33.2 Å². The van der Waals surface area contributed by atoms with E-state index in [4.69, 9.17) is 4.74 Å². The van der Waals surface area contributed by atoms with Crippen LogP contribution in [0.2, 0.25) is 0 Å². The molecule has 0 saturated heterocycles. The number of ether oxygens (including phenoxy) is 1. The summed E-state index contributed by atoms with van der Waals surface area (Å²) in [6.45, 7) is 10.2. The fraction of sp³-hybridized carbons (Fsp3) is 0.769. The molecule has 2 atom stereocenters. The van der Waals surface area contributed by atoms with Crippen LogP contribution in [-0.2, 0) is 11.3 Å². The molecule has 1 N–H and O–H groups in total. The Labute approximate surface area is 118 Å². The molecule has 0 saturated carbocycles. The lowest BCUT2D eigenvalue weighted by Gasteiger charge is -2.22. The van der Waals surface area contributed by atoms with Gasteiger partial charge in [-0.25, -0.2) is 0 Å². The molecule has 104 valence electrons. The van der Waals surface area contributed by atoms with Crippen molar-refractivity contribution in [2.24, 2.45) is 5.92 Å². The van der Waals surface area contributed by atoms with Gasteiger partial charge >= 0.3 is 0 Å². The summed E-state index contributed by atoms with van der Waals surface area (Å²) in [4.78, 5) is 0. The fourth-order valence-electron chi connectivity index (χ4n) is 2.00. The minimum atomic E-state index is 0.456. The zero-order valence-corrected chi connectivity index (χ0v) is 13.3. The first-order valence-corrected chi connectivity index (χ1v) is 7.31. The Morgan fingerprint density at radius 3 is 2.83 bits per heavy atom. The molecule has 0 aliphatic heterocycles. The molecule has 4 nitrogen and oxygen atoms in total. The van der Waals surface area contributed by atoms with Crippen molar-refractivity contribution in [2.75, 3.05) is 26.8 Å². The zero-order valence-electron chi connectivity index (χ0n) is 11.7. The lowest BCUT2D eigenvalue weighted by molar-refractivity contribution is 0.181. The predicted molar refractivity (Wildman–Crippen MR) is 77.9 cm³/mol. The van der Waals surface area contributed by atoms with Crippen LogP contribution >= 0.6 is 15.9 Å². The van der Waals surface area contributed by atoms with E-state index in [9.17, 15) is 0 Å². The van der Waals surface area contributed by atoms with Crippen LogP contribution in [0.3, 0.4) is 0 Å². The molecule has 0 aliphatic rings. The van der Waals surface area contributed by atoms with Gasteiger partial charge in [-0.15, -0.1) is 0 Å². The van der Waals surface area contributed by atoms with Crippen molar-refractivity contribution in [1.82, 2.24) is 15.1 Å². The number of rotatable bonds is 8. The van der Waals surface area contributed by atoms with E-state index in [1.807, 2.05) is 10.9 Å². The number of nitrogens with one attached hydrogen (secondary N) is 1. The van der Waals surface area contributed by atoms with Gasteiger partial charge in [-0.3, -0.25) is 4.68 Å². The van der Waals surface area contributed by atoms with Crippen molar-refractivity contribution in [3.05, 3.63) is 16.4 Å². The summed E-state index contributed by atoms with van der Waals surface area (Å²) >= 11 is 3.60. The summed E-state index contributed by atoms with van der Waals surface area (Å²) in [5.41, 5.74) is 1.26. The average Bonchev–Trinajstić information content (AvgIpc) is 2.73. The standard InChI is InChI=1S/C13H24BrN3O/c1-5-15-8-10(2)11(3)13-12(14)9-16-17(13)6-7-18-4/h9-11,15H,5-8H2,1-4H3. The van der Waals surface area contributed by atoms with Crippen LogP contribution < -0.4 is 5.32 Å². The maximum Gasteiger partial charge on any atom is 0.0658 e. The second kappa shape index (κ2) is 7.92. The van der Waals surface area contributed by atoms with Crippen molar-refractivity contribution >= 4 is 15.9 Å². The van der Waals surface area contributed by atoms with Crippen molar-refractivity contribution in [3.8, 4) is 0 Å². The summed E-state index contributed by atoms with van der Waals surface area (Å²) in [5.74, 6) is 1.03. The van der Waals surface area contributed by atoms with Gasteiger partial charge in [0.1, 0.15) is 0 Å². The molecule has 2 unspecified atom stereocenters. The SMILES string of the molecule is CCNCC(C)C(C)c1c(Br)cnn1CCOC. The Morgan fingerprint density at radius 1 is 1.50 bits per heavy atom. The first-order chi connectivity index (χ1) is 8.61. The Balaban J connectivity index is 2.76. The number of halogens is 1. The molecule has 1 heterocycles. The maximum atomic E-state index is 5.13. The van der Waals surface area contributed by atoms with Crippen molar-refractivity contribution in [1.29, 1.82) is 0 Å². The van der Waals surface area contributed by atoms with E-state index in [1.165, 1.54) is 5.69 Å². The van der Waals surface area contributed by atoms with Gasteiger partial charge in [0.2, 0.25) is 0 Å². The lowest BCUT2D eigenvalue weighted by atomic mass is 9.92. The molecule has 0 radical (unpaired) electrons. The van der Waals surface area contributed by atoms with Crippen LogP contribution in [0.4, 0.5) is 0 Å². The van der Waals surface area contributed by atoms with E-state index >= 15 is 0 Å². The number of methoxy groups -OCH3 is 1. The zero-order chi connectivity index (χ0) is 13.5. The average molecular weight is 318 g/mol. The third kappa shape index (κ3) is 4.07. The lowest BCUT2D eigenvalue weighted by Crippen LogP contribution is -2.25. The highest BCUT2D eigenvalue weighted by atomic mass is 79.9. The fourth-order valence-corrected chi connectivity index (χ4v) is 2.66. The number of aromatic nitrogens is 2. The summed E-state index contributed by atoms with van der Waals surface area (Å²) < 4.78 is 8.26. The molecule has 0 spiro atoms. The van der Waals surface area contributed by atoms with E-state index in [-0.39, 0.29) is 0 Å². The Hall–Kier alpha value is -0.390. The molecule has 5 heteroatoms. The highest BCUT2D eigenvalue weighted by molar-refractivity contribution is 9.10. The molecule has 0 aliphatic carbocycles.